The minimum atomic E-state index is 0.276. The molecule has 0 saturated carbocycles. The fraction of sp³-hybridized carbons (Fsp3) is 0.300. The van der Waals surface area contributed by atoms with Crippen molar-refractivity contribution in [3.8, 4) is 11.1 Å². The van der Waals surface area contributed by atoms with E-state index >= 15 is 0 Å². The summed E-state index contributed by atoms with van der Waals surface area (Å²) in [6.45, 7) is 7.54. The van der Waals surface area contributed by atoms with Gasteiger partial charge in [0.1, 0.15) is 18.2 Å². The standard InChI is InChI=1S/C30H33N9/c1-4-6-7-12-37-18-23(17-33-37)27-11-14-39-29(27)30(32-20-35-39)36-24-8-9-26(21(3)15-24)25(5-2)22-10-13-38-28(16-22)31-19-34-38/h8-11,13-20,25H,4-7,12H2,1-3H3,(H,32,35,36). The van der Waals surface area contributed by atoms with Crippen LogP contribution in [-0.2, 0) is 6.54 Å². The van der Waals surface area contributed by atoms with E-state index < -0.39 is 0 Å². The first-order chi connectivity index (χ1) is 19.1. The van der Waals surface area contributed by atoms with Crippen LogP contribution < -0.4 is 5.32 Å². The molecule has 5 aromatic heterocycles. The lowest BCUT2D eigenvalue weighted by atomic mass is 9.87. The third-order valence-corrected chi connectivity index (χ3v) is 7.41. The number of anilines is 2. The second-order valence-electron chi connectivity index (χ2n) is 10.0. The van der Waals surface area contributed by atoms with Crippen molar-refractivity contribution in [1.82, 2.24) is 39.0 Å². The summed E-state index contributed by atoms with van der Waals surface area (Å²) in [7, 11) is 0. The van der Waals surface area contributed by atoms with Crippen molar-refractivity contribution in [2.45, 2.75) is 58.9 Å². The number of hydrogen-bond acceptors (Lipinski definition) is 6. The summed E-state index contributed by atoms with van der Waals surface area (Å²) in [5.74, 6) is 1.04. The Morgan fingerprint density at radius 1 is 0.897 bits per heavy atom. The smallest absolute Gasteiger partial charge is 0.158 e. The molecule has 0 aliphatic heterocycles. The zero-order valence-electron chi connectivity index (χ0n) is 22.6. The van der Waals surface area contributed by atoms with Crippen LogP contribution in [0, 0.1) is 6.92 Å². The Kier molecular flexibility index (Phi) is 6.79. The third kappa shape index (κ3) is 4.87. The van der Waals surface area contributed by atoms with Gasteiger partial charge in [-0.1, -0.05) is 32.8 Å². The van der Waals surface area contributed by atoms with Gasteiger partial charge in [0.15, 0.2) is 11.5 Å². The number of rotatable bonds is 10. The number of hydrogen-bond donors (Lipinski definition) is 1. The molecular formula is C30H33N9. The topological polar surface area (TPSA) is 90.2 Å². The summed E-state index contributed by atoms with van der Waals surface area (Å²) in [5.41, 5.74) is 8.68. The van der Waals surface area contributed by atoms with Gasteiger partial charge in [0.25, 0.3) is 0 Å². The van der Waals surface area contributed by atoms with E-state index in [-0.39, 0.29) is 5.92 Å². The van der Waals surface area contributed by atoms with E-state index in [0.29, 0.717) is 0 Å². The minimum Gasteiger partial charge on any atom is -0.338 e. The predicted molar refractivity (Wildman–Crippen MR) is 153 cm³/mol. The number of aryl methyl sites for hydroxylation is 2. The highest BCUT2D eigenvalue weighted by Gasteiger charge is 2.17. The molecule has 1 unspecified atom stereocenters. The normalized spacial score (nSPS) is 12.4. The molecule has 6 rings (SSSR count). The summed E-state index contributed by atoms with van der Waals surface area (Å²) in [5, 5.41) is 16.8. The van der Waals surface area contributed by atoms with Gasteiger partial charge in [-0.3, -0.25) is 4.68 Å². The van der Waals surface area contributed by atoms with Gasteiger partial charge in [0, 0.05) is 47.9 Å². The van der Waals surface area contributed by atoms with Crippen molar-refractivity contribution >= 4 is 22.7 Å². The zero-order chi connectivity index (χ0) is 26.8. The van der Waals surface area contributed by atoms with Crippen LogP contribution in [0.1, 0.15) is 62.1 Å². The third-order valence-electron chi connectivity index (χ3n) is 7.41. The SMILES string of the molecule is CCCCCn1cc(-c2ccn3ncnc(Nc4ccc(C(CC)c5ccn6ncnc6c5)c(C)c4)c23)cn1. The minimum absolute atomic E-state index is 0.276. The number of fused-ring (bicyclic) bond motifs is 2. The highest BCUT2D eigenvalue weighted by atomic mass is 15.3. The maximum absolute atomic E-state index is 4.62. The first-order valence-corrected chi connectivity index (χ1v) is 13.7. The molecule has 1 atom stereocenters. The van der Waals surface area contributed by atoms with E-state index in [9.17, 15) is 0 Å². The molecule has 0 amide bonds. The van der Waals surface area contributed by atoms with Gasteiger partial charge in [-0.25, -0.2) is 19.0 Å². The average Bonchev–Trinajstić information content (AvgIpc) is 3.70. The molecule has 39 heavy (non-hydrogen) atoms. The number of benzene rings is 1. The average molecular weight is 520 g/mol. The number of nitrogens with one attached hydrogen (secondary N) is 1. The van der Waals surface area contributed by atoms with Crippen molar-refractivity contribution < 1.29 is 0 Å². The van der Waals surface area contributed by atoms with Crippen LogP contribution in [-0.4, -0.2) is 39.0 Å². The van der Waals surface area contributed by atoms with Crippen molar-refractivity contribution in [3.05, 3.63) is 90.5 Å². The van der Waals surface area contributed by atoms with Gasteiger partial charge in [0.2, 0.25) is 0 Å². The molecule has 0 radical (unpaired) electrons. The first-order valence-electron chi connectivity index (χ1n) is 13.7. The Bertz CT molecular complexity index is 1730. The summed E-state index contributed by atoms with van der Waals surface area (Å²) >= 11 is 0. The Labute approximate surface area is 227 Å². The molecule has 0 saturated heterocycles. The molecule has 1 aromatic carbocycles. The van der Waals surface area contributed by atoms with E-state index in [1.807, 2.05) is 27.8 Å². The Morgan fingerprint density at radius 3 is 2.59 bits per heavy atom. The highest BCUT2D eigenvalue weighted by molar-refractivity contribution is 5.89. The van der Waals surface area contributed by atoms with Crippen LogP contribution in [0.25, 0.3) is 22.3 Å². The molecule has 0 aliphatic rings. The summed E-state index contributed by atoms with van der Waals surface area (Å²) in [4.78, 5) is 8.98. The fourth-order valence-electron chi connectivity index (χ4n) is 5.39. The van der Waals surface area contributed by atoms with Crippen LogP contribution in [0.3, 0.4) is 0 Å². The van der Waals surface area contributed by atoms with Crippen LogP contribution in [0.4, 0.5) is 11.5 Å². The van der Waals surface area contributed by atoms with Crippen LogP contribution >= 0.6 is 0 Å². The number of pyridine rings is 1. The Hall–Kier alpha value is -4.53. The van der Waals surface area contributed by atoms with Crippen LogP contribution in [0.5, 0.6) is 0 Å². The molecule has 9 heteroatoms. The molecule has 0 aliphatic carbocycles. The van der Waals surface area contributed by atoms with E-state index in [4.69, 9.17) is 0 Å². The van der Waals surface area contributed by atoms with Crippen molar-refractivity contribution in [1.29, 1.82) is 0 Å². The first kappa shape index (κ1) is 24.8. The van der Waals surface area contributed by atoms with Gasteiger partial charge in [0.05, 0.1) is 6.20 Å². The quantitative estimate of drug-likeness (QED) is 0.210. The highest BCUT2D eigenvalue weighted by Crippen LogP contribution is 2.34. The molecule has 0 spiro atoms. The maximum atomic E-state index is 4.62. The van der Waals surface area contributed by atoms with Crippen molar-refractivity contribution in [2.24, 2.45) is 0 Å². The monoisotopic (exact) mass is 519 g/mol. The largest absolute Gasteiger partial charge is 0.338 e. The lowest BCUT2D eigenvalue weighted by Crippen LogP contribution is -2.05. The summed E-state index contributed by atoms with van der Waals surface area (Å²) in [6.07, 6.45) is 15.7. The second-order valence-corrected chi connectivity index (χ2v) is 10.0. The number of aromatic nitrogens is 8. The molecule has 0 bridgehead atoms. The Balaban J connectivity index is 1.28. The molecular weight excluding hydrogens is 486 g/mol. The van der Waals surface area contributed by atoms with Crippen LogP contribution in [0.15, 0.2) is 73.8 Å². The fourth-order valence-corrected chi connectivity index (χ4v) is 5.39. The van der Waals surface area contributed by atoms with Crippen molar-refractivity contribution in [3.63, 3.8) is 0 Å². The molecule has 1 N–H and O–H groups in total. The summed E-state index contributed by atoms with van der Waals surface area (Å²) in [6, 6.07) is 12.9. The lowest BCUT2D eigenvalue weighted by Gasteiger charge is -2.19. The van der Waals surface area contributed by atoms with Crippen LogP contribution in [0.2, 0.25) is 0 Å². The molecule has 0 fully saturated rings. The van der Waals surface area contributed by atoms with Gasteiger partial charge in [-0.15, -0.1) is 0 Å². The van der Waals surface area contributed by atoms with Gasteiger partial charge >= 0.3 is 0 Å². The van der Waals surface area contributed by atoms with E-state index in [0.717, 1.165) is 53.2 Å². The Morgan fingerprint density at radius 2 is 1.74 bits per heavy atom. The lowest BCUT2D eigenvalue weighted by molar-refractivity contribution is 0.553. The van der Waals surface area contributed by atoms with E-state index in [2.05, 4.69) is 93.9 Å². The van der Waals surface area contributed by atoms with E-state index in [1.54, 1.807) is 17.2 Å². The summed E-state index contributed by atoms with van der Waals surface area (Å²) < 4.78 is 5.69. The van der Waals surface area contributed by atoms with Gasteiger partial charge in [-0.05, 0) is 66.8 Å². The van der Waals surface area contributed by atoms with E-state index in [1.165, 1.54) is 29.5 Å². The maximum Gasteiger partial charge on any atom is 0.158 e. The number of unbranched alkanes of at least 4 members (excludes halogenated alkanes) is 2. The van der Waals surface area contributed by atoms with Gasteiger partial charge < -0.3 is 5.32 Å². The van der Waals surface area contributed by atoms with Crippen molar-refractivity contribution in [2.75, 3.05) is 5.32 Å². The predicted octanol–water partition coefficient (Wildman–Crippen LogP) is 6.42. The van der Waals surface area contributed by atoms with Gasteiger partial charge in [-0.2, -0.15) is 15.3 Å². The zero-order valence-corrected chi connectivity index (χ0v) is 22.6. The molecule has 9 nitrogen and oxygen atoms in total. The molecule has 5 heterocycles. The molecule has 198 valence electrons. The molecule has 6 aromatic rings. The number of nitrogens with zero attached hydrogens (tertiary/aromatic N) is 8. The second kappa shape index (κ2) is 10.7.